The van der Waals surface area contributed by atoms with E-state index in [-0.39, 0.29) is 40.9 Å². The number of carbonyl (C=O) groups is 2. The van der Waals surface area contributed by atoms with Crippen molar-refractivity contribution in [2.24, 2.45) is 13.0 Å². The number of carbonyl (C=O) groups excluding carboxylic acids is 2. The molecule has 14 nitrogen and oxygen atoms in total. The number of sulfonamides is 1. The third-order valence-corrected chi connectivity index (χ3v) is 12.9. The zero-order valence-electron chi connectivity index (χ0n) is 30.6. The number of hydrogen-bond donors (Lipinski definition) is 2. The summed E-state index contributed by atoms with van der Waals surface area (Å²) in [4.78, 5) is 36.4. The van der Waals surface area contributed by atoms with E-state index in [4.69, 9.17) is 11.6 Å². The summed E-state index contributed by atoms with van der Waals surface area (Å²) in [6.45, 7) is 2.83. The van der Waals surface area contributed by atoms with Gasteiger partial charge in [0, 0.05) is 56.1 Å². The van der Waals surface area contributed by atoms with Gasteiger partial charge in [-0.1, -0.05) is 24.6 Å². The number of anilines is 2. The Hall–Kier alpha value is -4.45. The van der Waals surface area contributed by atoms with Gasteiger partial charge in [0.15, 0.2) is 11.6 Å². The van der Waals surface area contributed by atoms with Crippen molar-refractivity contribution in [3.63, 3.8) is 0 Å². The molecule has 294 valence electrons. The molecule has 0 bridgehead atoms. The van der Waals surface area contributed by atoms with Crippen molar-refractivity contribution in [1.29, 1.82) is 0 Å². The number of imide groups is 1. The van der Waals surface area contributed by atoms with Crippen LogP contribution in [0.25, 0.3) is 10.9 Å². The summed E-state index contributed by atoms with van der Waals surface area (Å²) in [6, 6.07) is 10.7. The van der Waals surface area contributed by atoms with E-state index in [2.05, 4.69) is 54.4 Å². The second-order valence-corrected chi connectivity index (χ2v) is 16.9. The fourth-order valence-corrected chi connectivity index (χ4v) is 9.51. The first kappa shape index (κ1) is 38.8. The molecule has 2 aromatic heterocycles. The fourth-order valence-electron chi connectivity index (χ4n) is 7.80. The summed E-state index contributed by atoms with van der Waals surface area (Å²) < 4.78 is 59.8. The number of aromatic nitrogens is 4. The molecule has 5 heterocycles. The summed E-state index contributed by atoms with van der Waals surface area (Å²) in [5, 5.41) is 11.6. The molecule has 1 unspecified atom stereocenters. The lowest BCUT2D eigenvalue weighted by molar-refractivity contribution is -0.120. The van der Waals surface area contributed by atoms with Crippen LogP contribution >= 0.6 is 11.6 Å². The number of likely N-dealkylation sites (tertiary alicyclic amines) is 1. The predicted molar refractivity (Wildman–Crippen MR) is 203 cm³/mol. The van der Waals surface area contributed by atoms with Gasteiger partial charge in [-0.05, 0) is 98.5 Å². The second kappa shape index (κ2) is 16.3. The molecule has 1 atom stereocenters. The molecule has 3 saturated heterocycles. The van der Waals surface area contributed by atoms with E-state index >= 15 is 0 Å². The van der Waals surface area contributed by atoms with Crippen molar-refractivity contribution in [3.05, 3.63) is 64.9 Å². The van der Waals surface area contributed by atoms with Crippen LogP contribution in [0.3, 0.4) is 0 Å². The molecule has 3 amide bonds. The van der Waals surface area contributed by atoms with Gasteiger partial charge in [0.2, 0.25) is 21.9 Å². The zero-order chi connectivity index (χ0) is 38.9. The summed E-state index contributed by atoms with van der Waals surface area (Å²) in [7, 11) is -1.89. The number of halogens is 3. The highest BCUT2D eigenvalue weighted by Crippen LogP contribution is 2.34. The van der Waals surface area contributed by atoms with Gasteiger partial charge < -0.3 is 15.0 Å². The fraction of sp³-hybridized carbons (Fsp3) is 0.486. The van der Waals surface area contributed by atoms with Crippen molar-refractivity contribution in [3.8, 4) is 5.75 Å². The quantitative estimate of drug-likeness (QED) is 0.191. The average Bonchev–Trinajstić information content (AvgIpc) is 3.48. The topological polar surface area (TPSA) is 155 Å². The molecule has 7 rings (SSSR count). The molecule has 2 aromatic carbocycles. The van der Waals surface area contributed by atoms with Crippen LogP contribution in [0.5, 0.6) is 5.75 Å². The van der Waals surface area contributed by atoms with E-state index in [1.807, 2.05) is 13.1 Å². The normalized spacial score (nSPS) is 18.9. The number of alkyl halides is 2. The van der Waals surface area contributed by atoms with E-state index < -0.39 is 22.7 Å². The number of ether oxygens (including phenoxy) is 1. The molecule has 0 spiro atoms. The van der Waals surface area contributed by atoms with Crippen LogP contribution in [0.4, 0.5) is 25.3 Å². The third-order valence-electron chi connectivity index (χ3n) is 10.7. The minimum atomic E-state index is -3.76. The van der Waals surface area contributed by atoms with Gasteiger partial charge in [-0.15, -0.1) is 0 Å². The Kier molecular flexibility index (Phi) is 11.5. The number of nitrogens with zero attached hydrogens (tertiary/aromatic N) is 7. The minimum Gasteiger partial charge on any atom is -0.432 e. The molecule has 18 heteroatoms. The van der Waals surface area contributed by atoms with E-state index in [1.54, 1.807) is 22.9 Å². The van der Waals surface area contributed by atoms with Gasteiger partial charge >= 0.3 is 12.6 Å². The van der Waals surface area contributed by atoms with E-state index in [9.17, 15) is 26.8 Å². The summed E-state index contributed by atoms with van der Waals surface area (Å²) in [6.07, 6.45) is 6.24. The molecule has 3 aliphatic heterocycles. The Balaban J connectivity index is 0.906. The van der Waals surface area contributed by atoms with Crippen molar-refractivity contribution >= 4 is 56.2 Å². The van der Waals surface area contributed by atoms with Gasteiger partial charge in [-0.2, -0.15) is 18.2 Å². The SMILES string of the molecule is CC(Cc1cc(S(=O)(=O)N2CCC(Nc3ncc(OC(F)F)cn3)CC2)ccc1Cl)CN1CCC(c2ccc3c(N4CCC(=O)NC4=O)nn(C)c3c2)CC1. The highest BCUT2D eigenvalue weighted by molar-refractivity contribution is 7.89. The maximum atomic E-state index is 13.7. The number of aryl methyl sites for hydroxylation is 1. The number of amides is 3. The molecule has 3 fully saturated rings. The molecule has 0 aliphatic carbocycles. The lowest BCUT2D eigenvalue weighted by atomic mass is 9.88. The van der Waals surface area contributed by atoms with Gasteiger partial charge in [0.1, 0.15) is 0 Å². The summed E-state index contributed by atoms with van der Waals surface area (Å²) in [5.74, 6) is 1.02. The molecule has 0 saturated carbocycles. The second-order valence-electron chi connectivity index (χ2n) is 14.6. The predicted octanol–water partition coefficient (Wildman–Crippen LogP) is 5.39. The Morgan fingerprint density at radius 2 is 1.73 bits per heavy atom. The van der Waals surface area contributed by atoms with Crippen LogP contribution in [0, 0.1) is 5.92 Å². The minimum absolute atomic E-state index is 0.0804. The van der Waals surface area contributed by atoms with Crippen LogP contribution in [-0.2, 0) is 28.3 Å². The summed E-state index contributed by atoms with van der Waals surface area (Å²) >= 11 is 6.62. The van der Waals surface area contributed by atoms with Crippen LogP contribution in [0.1, 0.15) is 56.1 Å². The zero-order valence-corrected chi connectivity index (χ0v) is 32.2. The number of piperidine rings is 2. The third kappa shape index (κ3) is 8.84. The van der Waals surface area contributed by atoms with Crippen LogP contribution in [0.15, 0.2) is 53.7 Å². The van der Waals surface area contributed by atoms with Crippen LogP contribution in [-0.4, -0.2) is 101 Å². The van der Waals surface area contributed by atoms with Crippen molar-refractivity contribution in [2.75, 3.05) is 49.5 Å². The van der Waals surface area contributed by atoms with E-state index in [1.165, 1.54) is 14.8 Å². The van der Waals surface area contributed by atoms with Gasteiger partial charge in [-0.3, -0.25) is 19.7 Å². The standard InChI is InChI=1S/C37H44ClF2N9O5S/c1-23(22-47-12-7-24(8-13-47)25-3-5-30-32(19-25)46(2)45-34(30)49-16-11-33(50)44-37(49)51)17-26-18-29(4-6-31(26)38)55(52,53)48-14-9-27(10-15-48)43-36-41-20-28(21-42-36)54-35(39)40/h3-6,18-21,23-24,27,35H,7-17,22H2,1-2H3,(H,41,42,43)(H,44,50,51). The first-order valence-corrected chi connectivity index (χ1v) is 20.3. The van der Waals surface area contributed by atoms with Crippen LogP contribution in [0.2, 0.25) is 5.02 Å². The number of hydrogen-bond acceptors (Lipinski definition) is 10. The van der Waals surface area contributed by atoms with Crippen molar-refractivity contribution in [1.82, 2.24) is 34.3 Å². The lowest BCUT2D eigenvalue weighted by Crippen LogP contribution is -2.49. The van der Waals surface area contributed by atoms with E-state index in [0.29, 0.717) is 55.7 Å². The number of nitrogens with one attached hydrogen (secondary N) is 2. The van der Waals surface area contributed by atoms with Crippen molar-refractivity contribution in [2.45, 2.75) is 68.9 Å². The monoisotopic (exact) mass is 799 g/mol. The average molecular weight is 800 g/mol. The number of fused-ring (bicyclic) bond motifs is 1. The molecular formula is C37H44ClF2N9O5S. The summed E-state index contributed by atoms with van der Waals surface area (Å²) in [5.41, 5.74) is 2.98. The Morgan fingerprint density at radius 1 is 1.00 bits per heavy atom. The highest BCUT2D eigenvalue weighted by Gasteiger charge is 2.31. The maximum Gasteiger partial charge on any atom is 0.387 e. The smallest absolute Gasteiger partial charge is 0.387 e. The highest BCUT2D eigenvalue weighted by atomic mass is 35.5. The molecule has 0 radical (unpaired) electrons. The van der Waals surface area contributed by atoms with Gasteiger partial charge in [0.25, 0.3) is 0 Å². The molecule has 4 aromatic rings. The molecule has 2 N–H and O–H groups in total. The molecule has 55 heavy (non-hydrogen) atoms. The Labute approximate surface area is 323 Å². The number of benzene rings is 2. The van der Waals surface area contributed by atoms with Crippen molar-refractivity contribution < 1.29 is 31.5 Å². The number of rotatable bonds is 12. The van der Waals surface area contributed by atoms with Crippen LogP contribution < -0.4 is 20.3 Å². The maximum absolute atomic E-state index is 13.7. The first-order chi connectivity index (χ1) is 26.3. The Morgan fingerprint density at radius 3 is 2.42 bits per heavy atom. The molecule has 3 aliphatic rings. The molecular weight excluding hydrogens is 756 g/mol. The Bertz CT molecular complexity index is 2140. The van der Waals surface area contributed by atoms with Gasteiger partial charge in [0.05, 0.1) is 22.8 Å². The van der Waals surface area contributed by atoms with Gasteiger partial charge in [-0.25, -0.2) is 23.2 Å². The first-order valence-electron chi connectivity index (χ1n) is 18.5. The number of urea groups is 1. The van der Waals surface area contributed by atoms with E-state index in [0.717, 1.165) is 61.3 Å². The lowest BCUT2D eigenvalue weighted by Gasteiger charge is -2.34. The largest absolute Gasteiger partial charge is 0.432 e.